The Morgan fingerprint density at radius 1 is 1.06 bits per heavy atom. The number of anilines is 2. The van der Waals surface area contributed by atoms with Crippen molar-refractivity contribution in [3.05, 3.63) is 71.9 Å². The van der Waals surface area contributed by atoms with Crippen LogP contribution in [0.3, 0.4) is 0 Å². The van der Waals surface area contributed by atoms with Crippen molar-refractivity contribution in [2.45, 2.75) is 33.4 Å². The van der Waals surface area contributed by atoms with Gasteiger partial charge in [0.15, 0.2) is 5.82 Å². The zero-order chi connectivity index (χ0) is 22.3. The number of urea groups is 1. The molecule has 1 N–H and O–H groups in total. The Morgan fingerprint density at radius 3 is 2.62 bits per heavy atom. The zero-order valence-corrected chi connectivity index (χ0v) is 18.3. The average molecular weight is 432 g/mol. The van der Waals surface area contributed by atoms with E-state index in [9.17, 15) is 9.18 Å². The van der Waals surface area contributed by atoms with Crippen LogP contribution in [-0.2, 0) is 13.1 Å². The van der Waals surface area contributed by atoms with Crippen LogP contribution in [0.5, 0.6) is 0 Å². The third-order valence-electron chi connectivity index (χ3n) is 6.32. The normalized spacial score (nSPS) is 16.8. The maximum Gasteiger partial charge on any atom is 0.322 e. The summed E-state index contributed by atoms with van der Waals surface area (Å²) >= 11 is 0. The zero-order valence-electron chi connectivity index (χ0n) is 18.3. The van der Waals surface area contributed by atoms with E-state index in [-0.39, 0.29) is 17.3 Å². The van der Waals surface area contributed by atoms with Gasteiger partial charge in [-0.05, 0) is 41.2 Å². The van der Waals surface area contributed by atoms with E-state index < -0.39 is 0 Å². The van der Waals surface area contributed by atoms with E-state index >= 15 is 0 Å². The van der Waals surface area contributed by atoms with Crippen LogP contribution >= 0.6 is 0 Å². The SMILES string of the molecule is CC1(C)CCN(c2nccc(-c3ccccc3F)c2NC(=O)N2Cc3ccncc3C2)C1. The number of amides is 2. The molecular weight excluding hydrogens is 405 g/mol. The summed E-state index contributed by atoms with van der Waals surface area (Å²) < 4.78 is 14.7. The number of hydrogen-bond donors (Lipinski definition) is 1. The van der Waals surface area contributed by atoms with Crippen molar-refractivity contribution in [2.75, 3.05) is 23.3 Å². The van der Waals surface area contributed by atoms with Crippen molar-refractivity contribution in [1.82, 2.24) is 14.9 Å². The average Bonchev–Trinajstić information content (AvgIpc) is 3.37. The molecule has 1 fully saturated rings. The van der Waals surface area contributed by atoms with Crippen LogP contribution < -0.4 is 10.2 Å². The molecule has 0 bridgehead atoms. The number of carbonyl (C=O) groups excluding carboxylic acids is 1. The Kier molecular flexibility index (Phi) is 5.04. The number of pyridine rings is 2. The first kappa shape index (κ1) is 20.4. The maximum absolute atomic E-state index is 14.7. The van der Waals surface area contributed by atoms with Gasteiger partial charge in [-0.2, -0.15) is 0 Å². The molecule has 0 saturated carbocycles. The predicted octanol–water partition coefficient (Wildman–Crippen LogP) is 5.07. The van der Waals surface area contributed by atoms with Crippen LogP contribution in [0, 0.1) is 11.2 Å². The molecule has 5 rings (SSSR count). The highest BCUT2D eigenvalue weighted by Crippen LogP contribution is 2.40. The summed E-state index contributed by atoms with van der Waals surface area (Å²) in [5.74, 6) is 0.351. The van der Waals surface area contributed by atoms with E-state index in [2.05, 4.69) is 34.0 Å². The van der Waals surface area contributed by atoms with E-state index in [0.29, 0.717) is 35.7 Å². The van der Waals surface area contributed by atoms with Crippen molar-refractivity contribution >= 4 is 17.5 Å². The molecule has 0 radical (unpaired) electrons. The Hall–Kier alpha value is -3.48. The number of hydrogen-bond acceptors (Lipinski definition) is 4. The monoisotopic (exact) mass is 431 g/mol. The van der Waals surface area contributed by atoms with E-state index in [4.69, 9.17) is 0 Å². The van der Waals surface area contributed by atoms with Crippen LogP contribution in [0.4, 0.5) is 20.7 Å². The molecule has 0 aliphatic carbocycles. The third kappa shape index (κ3) is 3.79. The van der Waals surface area contributed by atoms with Gasteiger partial charge in [0.1, 0.15) is 5.82 Å². The fourth-order valence-corrected chi connectivity index (χ4v) is 4.56. The fraction of sp³-hybridized carbons (Fsp3) is 0.320. The molecule has 7 heteroatoms. The predicted molar refractivity (Wildman–Crippen MR) is 123 cm³/mol. The molecule has 32 heavy (non-hydrogen) atoms. The van der Waals surface area contributed by atoms with Crippen LogP contribution in [-0.4, -0.2) is 34.0 Å². The molecule has 3 aromatic rings. The molecule has 0 unspecified atom stereocenters. The van der Waals surface area contributed by atoms with Gasteiger partial charge < -0.3 is 15.1 Å². The molecule has 2 aliphatic heterocycles. The Bertz CT molecular complexity index is 1150. The lowest BCUT2D eigenvalue weighted by atomic mass is 9.93. The Labute approximate surface area is 187 Å². The second kappa shape index (κ2) is 7.89. The molecule has 1 aromatic carbocycles. The van der Waals surface area contributed by atoms with Crippen LogP contribution in [0.15, 0.2) is 55.0 Å². The molecule has 6 nitrogen and oxygen atoms in total. The second-order valence-electron chi connectivity index (χ2n) is 9.30. The minimum atomic E-state index is -0.332. The quantitative estimate of drug-likeness (QED) is 0.629. The number of nitrogens with one attached hydrogen (secondary N) is 1. The minimum Gasteiger partial charge on any atom is -0.354 e. The summed E-state index contributed by atoms with van der Waals surface area (Å²) in [5.41, 5.74) is 3.92. The lowest BCUT2D eigenvalue weighted by Gasteiger charge is -2.26. The summed E-state index contributed by atoms with van der Waals surface area (Å²) in [5, 5.41) is 3.08. The summed E-state index contributed by atoms with van der Waals surface area (Å²) in [4.78, 5) is 26.0. The highest BCUT2D eigenvalue weighted by Gasteiger charge is 2.33. The van der Waals surface area contributed by atoms with Gasteiger partial charge in [-0.25, -0.2) is 14.2 Å². The van der Waals surface area contributed by atoms with Crippen LogP contribution in [0.1, 0.15) is 31.4 Å². The largest absolute Gasteiger partial charge is 0.354 e. The molecule has 2 amide bonds. The molecular formula is C25H26FN5O. The van der Waals surface area contributed by atoms with Gasteiger partial charge in [-0.1, -0.05) is 32.0 Å². The lowest BCUT2D eigenvalue weighted by molar-refractivity contribution is 0.212. The van der Waals surface area contributed by atoms with E-state index in [1.165, 1.54) is 6.07 Å². The van der Waals surface area contributed by atoms with Crippen molar-refractivity contribution < 1.29 is 9.18 Å². The lowest BCUT2D eigenvalue weighted by Crippen LogP contribution is -2.32. The fourth-order valence-electron chi connectivity index (χ4n) is 4.56. The second-order valence-corrected chi connectivity index (χ2v) is 9.30. The van der Waals surface area contributed by atoms with Gasteiger partial charge in [0, 0.05) is 55.9 Å². The first-order valence-corrected chi connectivity index (χ1v) is 10.9. The highest BCUT2D eigenvalue weighted by atomic mass is 19.1. The molecule has 1 saturated heterocycles. The Morgan fingerprint density at radius 2 is 1.88 bits per heavy atom. The van der Waals surface area contributed by atoms with E-state index in [0.717, 1.165) is 30.6 Å². The van der Waals surface area contributed by atoms with Gasteiger partial charge >= 0.3 is 6.03 Å². The van der Waals surface area contributed by atoms with Crippen molar-refractivity contribution in [1.29, 1.82) is 0 Å². The first-order chi connectivity index (χ1) is 15.4. The molecule has 164 valence electrons. The number of aromatic nitrogens is 2. The molecule has 0 atom stereocenters. The van der Waals surface area contributed by atoms with Crippen LogP contribution in [0.25, 0.3) is 11.1 Å². The summed E-state index contributed by atoms with van der Waals surface area (Å²) in [7, 11) is 0. The number of fused-ring (bicyclic) bond motifs is 1. The van der Waals surface area contributed by atoms with E-state index in [1.807, 2.05) is 6.07 Å². The number of nitrogens with zero attached hydrogens (tertiary/aromatic N) is 4. The standard InChI is InChI=1S/C25H26FN5O/c1-25(2)9-12-30(16-25)23-22(20(8-11-28-23)19-5-3-4-6-21(19)26)29-24(32)31-14-17-7-10-27-13-18(17)15-31/h3-8,10-11,13H,9,12,14-16H2,1-2H3,(H,29,32). The van der Waals surface area contributed by atoms with Gasteiger partial charge in [0.25, 0.3) is 0 Å². The third-order valence-corrected chi connectivity index (χ3v) is 6.32. The van der Waals surface area contributed by atoms with Gasteiger partial charge in [-0.15, -0.1) is 0 Å². The molecule has 2 aliphatic rings. The topological polar surface area (TPSA) is 61.4 Å². The highest BCUT2D eigenvalue weighted by molar-refractivity contribution is 5.99. The maximum atomic E-state index is 14.7. The summed E-state index contributed by atoms with van der Waals surface area (Å²) in [6.07, 6.45) is 6.26. The van der Waals surface area contributed by atoms with Gasteiger partial charge in [0.05, 0.1) is 5.69 Å². The number of carbonyl (C=O) groups is 1. The molecule has 2 aromatic heterocycles. The summed E-state index contributed by atoms with van der Waals surface area (Å²) in [6, 6.07) is 10.1. The molecule has 0 spiro atoms. The minimum absolute atomic E-state index is 0.153. The van der Waals surface area contributed by atoms with Crippen LogP contribution in [0.2, 0.25) is 0 Å². The number of rotatable bonds is 3. The number of halogens is 1. The van der Waals surface area contributed by atoms with E-state index in [1.54, 1.807) is 47.8 Å². The van der Waals surface area contributed by atoms with Gasteiger partial charge in [0.2, 0.25) is 0 Å². The van der Waals surface area contributed by atoms with Gasteiger partial charge in [-0.3, -0.25) is 4.98 Å². The van der Waals surface area contributed by atoms with Crippen molar-refractivity contribution in [3.8, 4) is 11.1 Å². The number of benzene rings is 1. The Balaban J connectivity index is 1.52. The van der Waals surface area contributed by atoms with Crippen molar-refractivity contribution in [2.24, 2.45) is 5.41 Å². The summed E-state index contributed by atoms with van der Waals surface area (Å²) in [6.45, 7) is 7.12. The van der Waals surface area contributed by atoms with Crippen molar-refractivity contribution in [3.63, 3.8) is 0 Å². The first-order valence-electron chi connectivity index (χ1n) is 10.9. The molecule has 4 heterocycles. The smallest absolute Gasteiger partial charge is 0.322 e.